The summed E-state index contributed by atoms with van der Waals surface area (Å²) in [4.78, 5) is 16.6. The van der Waals surface area contributed by atoms with E-state index in [1.165, 1.54) is 40.2 Å². The third-order valence-corrected chi connectivity index (χ3v) is 6.32. The smallest absolute Gasteiger partial charge is 0.326 e. The number of benzene rings is 2. The van der Waals surface area contributed by atoms with Gasteiger partial charge in [-0.3, -0.25) is 4.79 Å². The molecule has 0 saturated carbocycles. The van der Waals surface area contributed by atoms with Crippen LogP contribution in [0.3, 0.4) is 0 Å². The van der Waals surface area contributed by atoms with Crippen LogP contribution in [-0.4, -0.2) is 10.9 Å². The molecule has 1 amide bonds. The van der Waals surface area contributed by atoms with E-state index in [1.54, 1.807) is 17.1 Å². The SMILES string of the molecule is Cc1ccc(C)c(CSc2nc(CC(=O)Nc3cccc(C(F)(F)F)c3)cs2)c1. The van der Waals surface area contributed by atoms with Crippen LogP contribution in [0.1, 0.15) is 27.9 Å². The Labute approximate surface area is 175 Å². The number of thiazole rings is 1. The van der Waals surface area contributed by atoms with Crippen LogP contribution in [-0.2, 0) is 23.1 Å². The summed E-state index contributed by atoms with van der Waals surface area (Å²) in [6.45, 7) is 4.12. The summed E-state index contributed by atoms with van der Waals surface area (Å²) < 4.78 is 39.2. The highest BCUT2D eigenvalue weighted by Crippen LogP contribution is 2.31. The van der Waals surface area contributed by atoms with Gasteiger partial charge in [0.15, 0.2) is 0 Å². The number of aryl methyl sites for hydroxylation is 2. The standard InChI is InChI=1S/C21H19F3N2OS2/c1-13-6-7-14(2)15(8-13)11-28-20-26-18(12-29-20)10-19(27)25-17-5-3-4-16(9-17)21(22,23)24/h3-9,12H,10-11H2,1-2H3,(H,25,27). The molecule has 0 radical (unpaired) electrons. The van der Waals surface area contributed by atoms with E-state index < -0.39 is 17.6 Å². The Morgan fingerprint density at radius 3 is 2.72 bits per heavy atom. The summed E-state index contributed by atoms with van der Waals surface area (Å²) in [6.07, 6.45) is -4.44. The van der Waals surface area contributed by atoms with Gasteiger partial charge in [-0.1, -0.05) is 41.6 Å². The summed E-state index contributed by atoms with van der Waals surface area (Å²) in [6, 6.07) is 10.9. The first-order valence-electron chi connectivity index (χ1n) is 8.81. The lowest BCUT2D eigenvalue weighted by atomic mass is 10.1. The predicted octanol–water partition coefficient (Wildman–Crippen LogP) is 6.25. The van der Waals surface area contributed by atoms with Gasteiger partial charge in [-0.2, -0.15) is 13.2 Å². The Kier molecular flexibility index (Phi) is 6.64. The van der Waals surface area contributed by atoms with E-state index in [4.69, 9.17) is 0 Å². The fourth-order valence-electron chi connectivity index (χ4n) is 2.67. The summed E-state index contributed by atoms with van der Waals surface area (Å²) in [5, 5.41) is 4.31. The molecule has 0 fully saturated rings. The first kappa shape index (κ1) is 21.4. The quantitative estimate of drug-likeness (QED) is 0.464. The van der Waals surface area contributed by atoms with Gasteiger partial charge < -0.3 is 5.32 Å². The number of alkyl halides is 3. The van der Waals surface area contributed by atoms with E-state index >= 15 is 0 Å². The average Bonchev–Trinajstić information content (AvgIpc) is 3.09. The van der Waals surface area contributed by atoms with E-state index in [-0.39, 0.29) is 12.1 Å². The Morgan fingerprint density at radius 2 is 1.97 bits per heavy atom. The molecule has 0 atom stereocenters. The summed E-state index contributed by atoms with van der Waals surface area (Å²) in [5.74, 6) is 0.386. The van der Waals surface area contributed by atoms with Crippen LogP contribution in [0.25, 0.3) is 0 Å². The van der Waals surface area contributed by atoms with Gasteiger partial charge in [0.2, 0.25) is 5.91 Å². The molecular weight excluding hydrogens is 417 g/mol. The Hall–Kier alpha value is -2.32. The number of amides is 1. The molecule has 1 aromatic heterocycles. The number of thioether (sulfide) groups is 1. The minimum atomic E-state index is -4.45. The van der Waals surface area contributed by atoms with Crippen LogP contribution in [0.15, 0.2) is 52.2 Å². The van der Waals surface area contributed by atoms with Gasteiger partial charge in [-0.05, 0) is 43.2 Å². The number of carbonyl (C=O) groups is 1. The highest BCUT2D eigenvalue weighted by Gasteiger charge is 2.30. The largest absolute Gasteiger partial charge is 0.416 e. The Morgan fingerprint density at radius 1 is 1.17 bits per heavy atom. The number of rotatable bonds is 6. The normalized spacial score (nSPS) is 11.5. The maximum atomic E-state index is 12.8. The van der Waals surface area contributed by atoms with Crippen molar-refractivity contribution in [1.82, 2.24) is 4.98 Å². The predicted molar refractivity (Wildman–Crippen MR) is 111 cm³/mol. The maximum Gasteiger partial charge on any atom is 0.416 e. The zero-order valence-electron chi connectivity index (χ0n) is 15.8. The van der Waals surface area contributed by atoms with Gasteiger partial charge in [0.05, 0.1) is 17.7 Å². The molecule has 3 nitrogen and oxygen atoms in total. The zero-order chi connectivity index (χ0) is 21.0. The number of carbonyl (C=O) groups excluding carboxylic acids is 1. The van der Waals surface area contributed by atoms with Gasteiger partial charge in [-0.25, -0.2) is 4.98 Å². The lowest BCUT2D eigenvalue weighted by molar-refractivity contribution is -0.137. The van der Waals surface area contributed by atoms with Crippen molar-refractivity contribution in [3.05, 3.63) is 75.8 Å². The minimum Gasteiger partial charge on any atom is -0.326 e. The van der Waals surface area contributed by atoms with E-state index in [9.17, 15) is 18.0 Å². The molecule has 3 aromatic rings. The van der Waals surface area contributed by atoms with Crippen molar-refractivity contribution >= 4 is 34.7 Å². The molecule has 152 valence electrons. The second-order valence-corrected chi connectivity index (χ2v) is 8.71. The van der Waals surface area contributed by atoms with Crippen LogP contribution in [0, 0.1) is 13.8 Å². The van der Waals surface area contributed by atoms with Crippen LogP contribution in [0.4, 0.5) is 18.9 Å². The number of anilines is 1. The van der Waals surface area contributed by atoms with Crippen molar-refractivity contribution in [2.24, 2.45) is 0 Å². The highest BCUT2D eigenvalue weighted by atomic mass is 32.2. The number of nitrogens with one attached hydrogen (secondary N) is 1. The molecule has 0 aliphatic heterocycles. The number of aromatic nitrogens is 1. The molecule has 0 aliphatic rings. The Balaban J connectivity index is 1.57. The van der Waals surface area contributed by atoms with Crippen molar-refractivity contribution in [3.8, 4) is 0 Å². The summed E-state index contributed by atoms with van der Waals surface area (Å²) in [5.41, 5.74) is 3.59. The third-order valence-electron chi connectivity index (χ3n) is 4.20. The maximum absolute atomic E-state index is 12.8. The van der Waals surface area contributed by atoms with Crippen LogP contribution in [0.2, 0.25) is 0 Å². The van der Waals surface area contributed by atoms with Crippen molar-refractivity contribution in [1.29, 1.82) is 0 Å². The van der Waals surface area contributed by atoms with Gasteiger partial charge in [-0.15, -0.1) is 11.3 Å². The number of hydrogen-bond donors (Lipinski definition) is 1. The zero-order valence-corrected chi connectivity index (χ0v) is 17.5. The van der Waals surface area contributed by atoms with E-state index in [2.05, 4.69) is 42.3 Å². The molecule has 1 heterocycles. The number of hydrogen-bond acceptors (Lipinski definition) is 4. The van der Waals surface area contributed by atoms with E-state index in [1.807, 2.05) is 0 Å². The molecule has 0 bridgehead atoms. The molecule has 0 aliphatic carbocycles. The second-order valence-electron chi connectivity index (χ2n) is 6.63. The van der Waals surface area contributed by atoms with Gasteiger partial charge in [0.1, 0.15) is 4.34 Å². The van der Waals surface area contributed by atoms with Crippen molar-refractivity contribution in [2.45, 2.75) is 36.5 Å². The molecule has 0 unspecified atom stereocenters. The Bertz CT molecular complexity index is 1020. The lowest BCUT2D eigenvalue weighted by Gasteiger charge is -2.09. The third kappa shape index (κ3) is 6.08. The van der Waals surface area contributed by atoms with Gasteiger partial charge in [0.25, 0.3) is 0 Å². The summed E-state index contributed by atoms with van der Waals surface area (Å²) >= 11 is 3.06. The van der Waals surface area contributed by atoms with Crippen molar-refractivity contribution in [3.63, 3.8) is 0 Å². The molecule has 0 spiro atoms. The lowest BCUT2D eigenvalue weighted by Crippen LogP contribution is -2.15. The molecule has 1 N–H and O–H groups in total. The summed E-state index contributed by atoms with van der Waals surface area (Å²) in [7, 11) is 0. The van der Waals surface area contributed by atoms with Gasteiger partial charge in [0, 0.05) is 16.8 Å². The molecule has 29 heavy (non-hydrogen) atoms. The molecule has 0 saturated heterocycles. The monoisotopic (exact) mass is 436 g/mol. The fourth-order valence-corrected chi connectivity index (χ4v) is 4.58. The van der Waals surface area contributed by atoms with Crippen molar-refractivity contribution in [2.75, 3.05) is 5.32 Å². The minimum absolute atomic E-state index is 0.0107. The molecule has 8 heteroatoms. The van der Waals surface area contributed by atoms with Crippen LogP contribution < -0.4 is 5.32 Å². The van der Waals surface area contributed by atoms with Gasteiger partial charge >= 0.3 is 6.18 Å². The van der Waals surface area contributed by atoms with E-state index in [0.717, 1.165) is 22.2 Å². The first-order chi connectivity index (χ1) is 13.7. The first-order valence-corrected chi connectivity index (χ1v) is 10.7. The topological polar surface area (TPSA) is 42.0 Å². The molecule has 3 rings (SSSR count). The fraction of sp³-hybridized carbons (Fsp3) is 0.238. The second kappa shape index (κ2) is 9.00. The van der Waals surface area contributed by atoms with Crippen LogP contribution in [0.5, 0.6) is 0 Å². The number of nitrogens with zero attached hydrogens (tertiary/aromatic N) is 1. The highest BCUT2D eigenvalue weighted by molar-refractivity contribution is 8.00. The van der Waals surface area contributed by atoms with Crippen LogP contribution >= 0.6 is 23.1 Å². The molecule has 2 aromatic carbocycles. The number of halogens is 3. The molecular formula is C21H19F3N2OS2. The van der Waals surface area contributed by atoms with E-state index in [0.29, 0.717) is 5.69 Å². The van der Waals surface area contributed by atoms with Crippen molar-refractivity contribution < 1.29 is 18.0 Å². The average molecular weight is 437 g/mol.